The van der Waals surface area contributed by atoms with Gasteiger partial charge in [0.1, 0.15) is 11.6 Å². The zero-order valence-electron chi connectivity index (χ0n) is 13.3. The molecule has 120 valence electrons. The van der Waals surface area contributed by atoms with Crippen LogP contribution in [0.25, 0.3) is 22.4 Å². The number of hydrogen-bond acceptors (Lipinski definition) is 5. The number of nitrogens with zero attached hydrogens (tertiary/aromatic N) is 3. The summed E-state index contributed by atoms with van der Waals surface area (Å²) in [5.74, 6) is 0. The maximum atomic E-state index is 12.0. The molecule has 0 saturated heterocycles. The first-order valence-corrected chi connectivity index (χ1v) is 8.58. The van der Waals surface area contributed by atoms with E-state index in [1.54, 1.807) is 12.3 Å². The summed E-state index contributed by atoms with van der Waals surface area (Å²) in [6.45, 7) is 0. The Morgan fingerprint density at radius 3 is 2.36 bits per heavy atom. The fourth-order valence-corrected chi connectivity index (χ4v) is 2.83. The molecule has 0 aliphatic carbocycles. The highest BCUT2D eigenvalue weighted by Gasteiger charge is 2.13. The van der Waals surface area contributed by atoms with Gasteiger partial charge < -0.3 is 4.98 Å². The van der Waals surface area contributed by atoms with E-state index in [0.29, 0.717) is 22.0 Å². The lowest BCUT2D eigenvalue weighted by atomic mass is 10.00. The number of nitriles is 2. The average molecular weight is 344 g/mol. The zero-order valence-corrected chi connectivity index (χ0v) is 14.1. The molecule has 2 aromatic carbocycles. The van der Waals surface area contributed by atoms with Crippen LogP contribution in [0.3, 0.4) is 0 Å². The van der Waals surface area contributed by atoms with Gasteiger partial charge in [-0.1, -0.05) is 48.2 Å². The van der Waals surface area contributed by atoms with Gasteiger partial charge in [-0.3, -0.25) is 4.79 Å². The molecule has 25 heavy (non-hydrogen) atoms. The average Bonchev–Trinajstić information content (AvgIpc) is 2.67. The first kappa shape index (κ1) is 16.5. The number of aromatic nitrogens is 2. The van der Waals surface area contributed by atoms with Gasteiger partial charge >= 0.3 is 0 Å². The van der Waals surface area contributed by atoms with Crippen LogP contribution in [0.2, 0.25) is 0 Å². The topological polar surface area (TPSA) is 93.3 Å². The fourth-order valence-electron chi connectivity index (χ4n) is 2.45. The number of nitrogens with one attached hydrogen (secondary N) is 1. The fraction of sp³-hybridized carbons (Fsp3) is 0.0526. The summed E-state index contributed by atoms with van der Waals surface area (Å²) in [7, 11) is 0. The molecular formula is C19H12N4OS. The van der Waals surface area contributed by atoms with Gasteiger partial charge in [0.25, 0.3) is 5.56 Å². The molecule has 0 aliphatic rings. The van der Waals surface area contributed by atoms with E-state index in [4.69, 9.17) is 5.26 Å². The second-order valence-electron chi connectivity index (χ2n) is 5.18. The van der Waals surface area contributed by atoms with E-state index in [1.807, 2.05) is 48.5 Å². The molecular weight excluding hydrogens is 332 g/mol. The minimum absolute atomic E-state index is 0.00275. The molecule has 0 aliphatic heterocycles. The highest BCUT2D eigenvalue weighted by molar-refractivity contribution is 7.98. The minimum Gasteiger partial charge on any atom is -0.300 e. The number of benzene rings is 2. The standard InChI is InChI=1S/C19H12N4OS/c1-25-19-22-17(16(11-21)18(24)23-19)14-7-5-13(6-8-14)15-4-2-3-12(9-15)10-20/h2-9H,1H3,(H,22,23,24). The Kier molecular flexibility index (Phi) is 4.65. The Labute approximate surface area is 148 Å². The number of H-pyrrole nitrogens is 1. The van der Waals surface area contributed by atoms with Crippen LogP contribution < -0.4 is 5.56 Å². The quantitative estimate of drug-likeness (QED) is 0.579. The summed E-state index contributed by atoms with van der Waals surface area (Å²) in [6, 6.07) is 18.8. The molecule has 5 nitrogen and oxygen atoms in total. The molecule has 3 aromatic rings. The molecule has 0 spiro atoms. The van der Waals surface area contributed by atoms with Gasteiger partial charge in [-0.25, -0.2) is 4.98 Å². The van der Waals surface area contributed by atoms with Crippen molar-refractivity contribution < 1.29 is 0 Å². The SMILES string of the molecule is CSc1nc(-c2ccc(-c3cccc(C#N)c3)cc2)c(C#N)c(=O)[nH]1. The van der Waals surface area contributed by atoms with Crippen molar-refractivity contribution in [3.05, 3.63) is 70.0 Å². The van der Waals surface area contributed by atoms with Crippen LogP contribution in [0.4, 0.5) is 0 Å². The molecule has 3 rings (SSSR count). The Morgan fingerprint density at radius 1 is 1.00 bits per heavy atom. The van der Waals surface area contributed by atoms with E-state index >= 15 is 0 Å². The monoisotopic (exact) mass is 344 g/mol. The van der Waals surface area contributed by atoms with E-state index in [1.165, 1.54) is 11.8 Å². The first-order chi connectivity index (χ1) is 12.2. The summed E-state index contributed by atoms with van der Waals surface area (Å²) in [6.07, 6.45) is 1.80. The molecule has 1 heterocycles. The van der Waals surface area contributed by atoms with Crippen molar-refractivity contribution in [2.24, 2.45) is 0 Å². The van der Waals surface area contributed by atoms with Crippen LogP contribution in [0.15, 0.2) is 58.5 Å². The predicted octanol–water partition coefficient (Wildman–Crippen LogP) is 3.57. The first-order valence-electron chi connectivity index (χ1n) is 7.35. The van der Waals surface area contributed by atoms with Crippen LogP contribution in [-0.2, 0) is 0 Å². The van der Waals surface area contributed by atoms with Gasteiger partial charge in [0.15, 0.2) is 5.16 Å². The van der Waals surface area contributed by atoms with Crippen molar-refractivity contribution in [3.63, 3.8) is 0 Å². The third-order valence-corrected chi connectivity index (χ3v) is 4.27. The lowest BCUT2D eigenvalue weighted by Gasteiger charge is -2.07. The second kappa shape index (κ2) is 7.04. The van der Waals surface area contributed by atoms with Gasteiger partial charge in [0.05, 0.1) is 17.3 Å². The molecule has 0 atom stereocenters. The van der Waals surface area contributed by atoms with Crippen LogP contribution in [0, 0.1) is 22.7 Å². The minimum atomic E-state index is -0.442. The van der Waals surface area contributed by atoms with E-state index in [-0.39, 0.29) is 5.56 Å². The van der Waals surface area contributed by atoms with Gasteiger partial charge in [0, 0.05) is 5.56 Å². The van der Waals surface area contributed by atoms with E-state index in [9.17, 15) is 10.1 Å². The molecule has 0 bridgehead atoms. The van der Waals surface area contributed by atoms with E-state index in [0.717, 1.165) is 11.1 Å². The summed E-state index contributed by atoms with van der Waals surface area (Å²) in [5.41, 5.74) is 3.07. The van der Waals surface area contributed by atoms with Gasteiger partial charge in [-0.2, -0.15) is 10.5 Å². The smallest absolute Gasteiger partial charge is 0.270 e. The van der Waals surface area contributed by atoms with Gasteiger partial charge in [0.2, 0.25) is 0 Å². The van der Waals surface area contributed by atoms with Crippen LogP contribution in [0.5, 0.6) is 0 Å². The van der Waals surface area contributed by atoms with Gasteiger partial charge in [-0.05, 0) is 29.5 Å². The number of aromatic amines is 1. The van der Waals surface area contributed by atoms with Crippen molar-refractivity contribution >= 4 is 11.8 Å². The van der Waals surface area contributed by atoms with Crippen molar-refractivity contribution in [3.8, 4) is 34.5 Å². The molecule has 1 aromatic heterocycles. The summed E-state index contributed by atoms with van der Waals surface area (Å²) in [4.78, 5) is 19.0. The third-order valence-electron chi connectivity index (χ3n) is 3.69. The predicted molar refractivity (Wildman–Crippen MR) is 96.9 cm³/mol. The number of rotatable bonds is 3. The Hall–Kier alpha value is -3.35. The zero-order chi connectivity index (χ0) is 17.8. The van der Waals surface area contributed by atoms with Crippen LogP contribution in [0.1, 0.15) is 11.1 Å². The molecule has 6 heteroatoms. The molecule has 0 radical (unpaired) electrons. The van der Waals surface area contributed by atoms with Crippen LogP contribution in [-0.4, -0.2) is 16.2 Å². The molecule has 0 saturated carbocycles. The maximum Gasteiger partial charge on any atom is 0.270 e. The van der Waals surface area contributed by atoms with Crippen molar-refractivity contribution in [1.29, 1.82) is 10.5 Å². The summed E-state index contributed by atoms with van der Waals surface area (Å²) in [5, 5.41) is 18.7. The number of thioether (sulfide) groups is 1. The summed E-state index contributed by atoms with van der Waals surface area (Å²) >= 11 is 1.31. The molecule has 0 unspecified atom stereocenters. The second-order valence-corrected chi connectivity index (χ2v) is 5.98. The lowest BCUT2D eigenvalue weighted by Crippen LogP contribution is -2.14. The highest BCUT2D eigenvalue weighted by Crippen LogP contribution is 2.26. The molecule has 1 N–H and O–H groups in total. The van der Waals surface area contributed by atoms with Crippen molar-refractivity contribution in [2.75, 3.05) is 6.26 Å². The Bertz CT molecular complexity index is 1070. The van der Waals surface area contributed by atoms with E-state index < -0.39 is 5.56 Å². The third kappa shape index (κ3) is 3.30. The van der Waals surface area contributed by atoms with Gasteiger partial charge in [-0.15, -0.1) is 0 Å². The summed E-state index contributed by atoms with van der Waals surface area (Å²) < 4.78 is 0. The Balaban J connectivity index is 2.07. The lowest BCUT2D eigenvalue weighted by molar-refractivity contribution is 0.937. The van der Waals surface area contributed by atoms with Crippen molar-refractivity contribution in [2.45, 2.75) is 5.16 Å². The number of hydrogen-bond donors (Lipinski definition) is 1. The van der Waals surface area contributed by atoms with Crippen LogP contribution >= 0.6 is 11.8 Å². The highest BCUT2D eigenvalue weighted by atomic mass is 32.2. The van der Waals surface area contributed by atoms with Crippen molar-refractivity contribution in [1.82, 2.24) is 9.97 Å². The van der Waals surface area contributed by atoms with E-state index in [2.05, 4.69) is 16.0 Å². The molecule has 0 fully saturated rings. The Morgan fingerprint density at radius 2 is 1.72 bits per heavy atom. The molecule has 0 amide bonds. The maximum absolute atomic E-state index is 12.0. The largest absolute Gasteiger partial charge is 0.300 e. The normalized spacial score (nSPS) is 10.0.